The smallest absolute Gasteiger partial charge is 0.258 e. The molecule has 0 aliphatic carbocycles. The van der Waals surface area contributed by atoms with E-state index in [1.165, 1.54) is 11.3 Å². The van der Waals surface area contributed by atoms with Crippen molar-refractivity contribution in [3.05, 3.63) is 34.1 Å². The second-order valence-electron chi connectivity index (χ2n) is 4.97. The maximum absolute atomic E-state index is 12.5. The van der Waals surface area contributed by atoms with Gasteiger partial charge in [-0.05, 0) is 26.8 Å². The first kappa shape index (κ1) is 13.7. The van der Waals surface area contributed by atoms with Crippen molar-refractivity contribution < 1.29 is 4.79 Å². The molecule has 3 aromatic heterocycles. The number of amides is 1. The number of thiazole rings is 1. The first-order valence-electron chi connectivity index (χ1n) is 6.50. The Morgan fingerprint density at radius 3 is 2.67 bits per heavy atom. The van der Waals surface area contributed by atoms with Gasteiger partial charge in [0.05, 0.1) is 22.3 Å². The summed E-state index contributed by atoms with van der Waals surface area (Å²) in [4.78, 5) is 21.3. The molecule has 0 unspecified atom stereocenters. The second-order valence-corrected chi connectivity index (χ2v) is 5.83. The lowest BCUT2D eigenvalue weighted by atomic mass is 10.1. The van der Waals surface area contributed by atoms with Crippen molar-refractivity contribution in [2.75, 3.05) is 5.32 Å². The van der Waals surface area contributed by atoms with Crippen LogP contribution in [0, 0.1) is 20.8 Å². The highest BCUT2D eigenvalue weighted by molar-refractivity contribution is 7.13. The van der Waals surface area contributed by atoms with Crippen molar-refractivity contribution in [2.45, 2.75) is 20.8 Å². The Kier molecular flexibility index (Phi) is 3.21. The summed E-state index contributed by atoms with van der Waals surface area (Å²) < 4.78 is 1.70. The second kappa shape index (κ2) is 4.92. The van der Waals surface area contributed by atoms with E-state index in [2.05, 4.69) is 20.4 Å². The van der Waals surface area contributed by atoms with E-state index in [1.54, 1.807) is 10.7 Å². The zero-order valence-corrected chi connectivity index (χ0v) is 13.1. The third-order valence-corrected chi connectivity index (χ3v) is 4.06. The lowest BCUT2D eigenvalue weighted by Crippen LogP contribution is -2.13. The first-order chi connectivity index (χ1) is 9.95. The summed E-state index contributed by atoms with van der Waals surface area (Å²) in [6.45, 7) is 5.64. The minimum Gasteiger partial charge on any atom is -0.298 e. The number of pyridine rings is 1. The number of nitrogens with zero attached hydrogens (tertiary/aromatic N) is 4. The van der Waals surface area contributed by atoms with Gasteiger partial charge in [0.1, 0.15) is 0 Å². The molecule has 0 aliphatic heterocycles. The third kappa shape index (κ3) is 2.40. The van der Waals surface area contributed by atoms with Gasteiger partial charge in [0.15, 0.2) is 10.8 Å². The normalized spacial score (nSPS) is 11.0. The molecule has 0 bridgehead atoms. The molecule has 0 aliphatic rings. The summed E-state index contributed by atoms with van der Waals surface area (Å²) >= 11 is 1.41. The molecule has 0 saturated heterocycles. The molecule has 108 valence electrons. The molecule has 21 heavy (non-hydrogen) atoms. The molecular formula is C14H15N5OS. The van der Waals surface area contributed by atoms with Gasteiger partial charge < -0.3 is 0 Å². The van der Waals surface area contributed by atoms with Gasteiger partial charge in [-0.2, -0.15) is 5.10 Å². The van der Waals surface area contributed by atoms with Crippen LogP contribution in [0.25, 0.3) is 11.0 Å². The lowest BCUT2D eigenvalue weighted by molar-refractivity contribution is 0.102. The molecule has 0 radical (unpaired) electrons. The average Bonchev–Trinajstić information content (AvgIpc) is 2.93. The molecule has 0 aromatic carbocycles. The largest absolute Gasteiger partial charge is 0.298 e. The zero-order valence-electron chi connectivity index (χ0n) is 12.3. The molecule has 1 N–H and O–H groups in total. The van der Waals surface area contributed by atoms with Crippen LogP contribution in [0.15, 0.2) is 11.4 Å². The fraction of sp³-hybridized carbons (Fsp3) is 0.286. The SMILES string of the molecule is Cc1csc(NC(=O)c2cc(C)nc3c2c(C)nn3C)n1. The van der Waals surface area contributed by atoms with Gasteiger partial charge >= 0.3 is 0 Å². The Morgan fingerprint density at radius 1 is 1.24 bits per heavy atom. The van der Waals surface area contributed by atoms with E-state index < -0.39 is 0 Å². The van der Waals surface area contributed by atoms with Crippen LogP contribution in [0.1, 0.15) is 27.4 Å². The van der Waals surface area contributed by atoms with Gasteiger partial charge in [0.2, 0.25) is 0 Å². The summed E-state index contributed by atoms with van der Waals surface area (Å²) in [6.07, 6.45) is 0. The highest BCUT2D eigenvalue weighted by Gasteiger charge is 2.18. The van der Waals surface area contributed by atoms with Crippen molar-refractivity contribution in [3.63, 3.8) is 0 Å². The van der Waals surface area contributed by atoms with Gasteiger partial charge in [0.25, 0.3) is 5.91 Å². The van der Waals surface area contributed by atoms with Crippen LogP contribution in [0.3, 0.4) is 0 Å². The predicted molar refractivity (Wildman–Crippen MR) is 82.8 cm³/mol. The quantitative estimate of drug-likeness (QED) is 0.789. The van der Waals surface area contributed by atoms with Crippen LogP contribution in [0.4, 0.5) is 5.13 Å². The minimum atomic E-state index is -0.184. The molecule has 7 heteroatoms. The number of fused-ring (bicyclic) bond motifs is 1. The van der Waals surface area contributed by atoms with Crippen LogP contribution in [0.2, 0.25) is 0 Å². The molecule has 1 amide bonds. The highest BCUT2D eigenvalue weighted by atomic mass is 32.1. The summed E-state index contributed by atoms with van der Waals surface area (Å²) in [7, 11) is 1.83. The average molecular weight is 301 g/mol. The van der Waals surface area contributed by atoms with Crippen molar-refractivity contribution in [3.8, 4) is 0 Å². The van der Waals surface area contributed by atoms with Crippen LogP contribution in [-0.2, 0) is 7.05 Å². The Hall–Kier alpha value is -2.28. The summed E-state index contributed by atoms with van der Waals surface area (Å²) in [5.74, 6) is -0.184. The van der Waals surface area contributed by atoms with Crippen molar-refractivity contribution >= 4 is 33.4 Å². The van der Waals surface area contributed by atoms with Crippen LogP contribution >= 0.6 is 11.3 Å². The molecule has 0 fully saturated rings. The molecule has 3 heterocycles. The van der Waals surface area contributed by atoms with Crippen molar-refractivity contribution in [1.29, 1.82) is 0 Å². The maximum Gasteiger partial charge on any atom is 0.258 e. The van der Waals surface area contributed by atoms with Crippen molar-refractivity contribution in [2.24, 2.45) is 7.05 Å². The number of carbonyl (C=O) groups is 1. The van der Waals surface area contributed by atoms with Gasteiger partial charge in [-0.1, -0.05) is 0 Å². The lowest BCUT2D eigenvalue weighted by Gasteiger charge is -2.05. The van der Waals surface area contributed by atoms with Crippen LogP contribution < -0.4 is 5.32 Å². The predicted octanol–water partition coefficient (Wildman–Crippen LogP) is 2.60. The Morgan fingerprint density at radius 2 is 2.00 bits per heavy atom. The molecule has 6 nitrogen and oxygen atoms in total. The van der Waals surface area contributed by atoms with Crippen LogP contribution in [-0.4, -0.2) is 25.7 Å². The number of hydrogen-bond acceptors (Lipinski definition) is 5. The number of rotatable bonds is 2. The number of hydrogen-bond donors (Lipinski definition) is 1. The maximum atomic E-state index is 12.5. The number of aryl methyl sites for hydroxylation is 4. The molecule has 0 atom stereocenters. The Labute approximate surface area is 125 Å². The number of nitrogens with one attached hydrogen (secondary N) is 1. The molecule has 3 rings (SSSR count). The number of aromatic nitrogens is 4. The fourth-order valence-electron chi connectivity index (χ4n) is 2.32. The standard InChI is InChI=1S/C14H15N5OS/c1-7-5-10(11-9(3)18-19(4)12(11)15-7)13(20)17-14-16-8(2)6-21-14/h5-6H,1-4H3,(H,16,17,20). The van der Waals surface area contributed by atoms with E-state index >= 15 is 0 Å². The van der Waals surface area contributed by atoms with E-state index in [0.29, 0.717) is 16.3 Å². The van der Waals surface area contributed by atoms with E-state index in [-0.39, 0.29) is 5.91 Å². The van der Waals surface area contributed by atoms with Gasteiger partial charge in [-0.3, -0.25) is 14.8 Å². The zero-order chi connectivity index (χ0) is 15.1. The fourth-order valence-corrected chi connectivity index (χ4v) is 3.01. The molecular weight excluding hydrogens is 286 g/mol. The van der Waals surface area contributed by atoms with E-state index in [9.17, 15) is 4.79 Å². The van der Waals surface area contributed by atoms with E-state index in [1.807, 2.05) is 33.2 Å². The summed E-state index contributed by atoms with van der Waals surface area (Å²) in [5, 5.41) is 10.5. The first-order valence-corrected chi connectivity index (χ1v) is 7.38. The minimum absolute atomic E-state index is 0.184. The van der Waals surface area contributed by atoms with E-state index in [0.717, 1.165) is 22.5 Å². The summed E-state index contributed by atoms with van der Waals surface area (Å²) in [6, 6.07) is 1.78. The van der Waals surface area contributed by atoms with Gasteiger partial charge in [-0.25, -0.2) is 9.97 Å². The number of carbonyl (C=O) groups excluding carboxylic acids is 1. The number of anilines is 1. The topological polar surface area (TPSA) is 72.7 Å². The molecule has 0 saturated carbocycles. The molecule has 0 spiro atoms. The summed E-state index contributed by atoms with van der Waals surface area (Å²) in [5.41, 5.74) is 3.76. The van der Waals surface area contributed by atoms with Crippen LogP contribution in [0.5, 0.6) is 0 Å². The monoisotopic (exact) mass is 301 g/mol. The van der Waals surface area contributed by atoms with Gasteiger partial charge in [0, 0.05) is 18.1 Å². The Bertz CT molecular complexity index is 849. The third-order valence-electron chi connectivity index (χ3n) is 3.18. The Balaban J connectivity index is 2.08. The molecule has 3 aromatic rings. The van der Waals surface area contributed by atoms with Gasteiger partial charge in [-0.15, -0.1) is 11.3 Å². The van der Waals surface area contributed by atoms with E-state index in [4.69, 9.17) is 0 Å². The highest BCUT2D eigenvalue weighted by Crippen LogP contribution is 2.23. The van der Waals surface area contributed by atoms with Crippen molar-refractivity contribution in [1.82, 2.24) is 19.7 Å².